The van der Waals surface area contributed by atoms with E-state index in [2.05, 4.69) is 32.8 Å². The summed E-state index contributed by atoms with van der Waals surface area (Å²) in [4.78, 5) is 18.1. The second kappa shape index (κ2) is 14.1. The van der Waals surface area contributed by atoms with Crippen LogP contribution in [0.15, 0.2) is 88.2 Å². The number of allylic oxidation sites excluding steroid dienone is 1. The van der Waals surface area contributed by atoms with E-state index in [1.54, 1.807) is 29.8 Å². The van der Waals surface area contributed by atoms with Crippen LogP contribution >= 0.6 is 50.9 Å². The fraction of sp³-hybridized carbons (Fsp3) is 0.194. The number of carbonyl (C=O) groups is 1. The number of esters is 1. The fourth-order valence-corrected chi connectivity index (χ4v) is 6.49. The van der Waals surface area contributed by atoms with Gasteiger partial charge >= 0.3 is 5.97 Å². The van der Waals surface area contributed by atoms with Crippen molar-refractivity contribution < 1.29 is 23.4 Å². The second-order valence-corrected chi connectivity index (χ2v) is 12.1. The predicted molar refractivity (Wildman–Crippen MR) is 173 cm³/mol. The molecule has 0 fully saturated rings. The third-order valence-corrected chi connectivity index (χ3v) is 8.89. The maximum Gasteiger partial charge on any atom is 0.338 e. The second-order valence-electron chi connectivity index (χ2n) is 9.52. The lowest BCUT2D eigenvalue weighted by Gasteiger charge is -2.28. The number of anilines is 1. The average Bonchev–Trinajstić information content (AvgIpc) is 3.41. The van der Waals surface area contributed by atoms with E-state index in [-0.39, 0.29) is 23.8 Å². The van der Waals surface area contributed by atoms with Crippen LogP contribution in [-0.4, -0.2) is 34.5 Å². The van der Waals surface area contributed by atoms with Crippen molar-refractivity contribution >= 4 is 62.8 Å². The number of nitrogens with zero attached hydrogens (tertiary/aromatic N) is 3. The number of methoxy groups -OCH3 is 1. The Bertz CT molecular complexity index is 1750. The van der Waals surface area contributed by atoms with Gasteiger partial charge < -0.3 is 19.5 Å². The van der Waals surface area contributed by atoms with E-state index in [1.165, 1.54) is 37.1 Å². The topological polar surface area (TPSA) is 87.5 Å². The molecule has 0 radical (unpaired) electrons. The molecule has 1 N–H and O–H groups in total. The number of ether oxygens (including phenoxy) is 3. The summed E-state index contributed by atoms with van der Waals surface area (Å²) in [6.45, 7) is 5.31. The van der Waals surface area contributed by atoms with Crippen LogP contribution in [-0.2, 0) is 21.9 Å². The van der Waals surface area contributed by atoms with Crippen molar-refractivity contribution in [3.05, 3.63) is 116 Å². The Labute approximate surface area is 276 Å². The van der Waals surface area contributed by atoms with E-state index >= 15 is 0 Å². The molecule has 8 nitrogen and oxygen atoms in total. The normalized spacial score (nSPS) is 14.1. The van der Waals surface area contributed by atoms with E-state index in [0.717, 1.165) is 5.56 Å². The molecule has 2 heterocycles. The van der Waals surface area contributed by atoms with Crippen molar-refractivity contribution in [2.24, 2.45) is 0 Å². The van der Waals surface area contributed by atoms with Gasteiger partial charge in [0, 0.05) is 22.0 Å². The standard InChI is InChI=1S/C31H26BrCl2FN4O4S/c1-4-12-42-29(40)26-17(2)36-30-37-31(44-16-18-8-5-6-9-22(18)33)38-39(30)27(26)19-13-21(32)28(25(14-19)41-3)43-15-20-23(34)10-7-11-24(20)35/h4-11,13-14,27H,1,12,15-16H2,2-3H3,(H,36,37,38). The third-order valence-electron chi connectivity index (χ3n) is 6.69. The minimum Gasteiger partial charge on any atom is -0.493 e. The molecule has 0 spiro atoms. The number of aromatic nitrogens is 3. The molecule has 0 saturated carbocycles. The maximum atomic E-state index is 14.4. The summed E-state index contributed by atoms with van der Waals surface area (Å²) >= 11 is 17.5. The highest BCUT2D eigenvalue weighted by Gasteiger charge is 2.36. The number of carbonyl (C=O) groups excluding carboxylic acids is 1. The van der Waals surface area contributed by atoms with Gasteiger partial charge in [0.15, 0.2) is 11.5 Å². The molecule has 3 aromatic carbocycles. The predicted octanol–water partition coefficient (Wildman–Crippen LogP) is 8.38. The maximum absolute atomic E-state index is 14.4. The molecule has 44 heavy (non-hydrogen) atoms. The highest BCUT2D eigenvalue weighted by molar-refractivity contribution is 9.10. The number of halogens is 4. The molecule has 0 aliphatic carbocycles. The highest BCUT2D eigenvalue weighted by atomic mass is 79.9. The van der Waals surface area contributed by atoms with E-state index in [4.69, 9.17) is 42.5 Å². The molecule has 1 aliphatic rings. The Morgan fingerprint density at radius 3 is 2.70 bits per heavy atom. The number of rotatable bonds is 11. The first kappa shape index (κ1) is 31.9. The van der Waals surface area contributed by atoms with Gasteiger partial charge in [0.25, 0.3) is 0 Å². The molecule has 1 aromatic heterocycles. The number of fused-ring (bicyclic) bond motifs is 1. The van der Waals surface area contributed by atoms with Crippen molar-refractivity contribution in [2.75, 3.05) is 19.0 Å². The Morgan fingerprint density at radius 1 is 1.20 bits per heavy atom. The molecule has 1 aliphatic heterocycles. The fourth-order valence-electron chi connectivity index (χ4n) is 4.59. The number of benzene rings is 3. The minimum absolute atomic E-state index is 0.0316. The molecule has 228 valence electrons. The van der Waals surface area contributed by atoms with Gasteiger partial charge in [-0.3, -0.25) is 0 Å². The molecule has 4 aromatic rings. The number of nitrogens with one attached hydrogen (secondary N) is 1. The Balaban J connectivity index is 1.52. The number of hydrogen-bond acceptors (Lipinski definition) is 8. The summed E-state index contributed by atoms with van der Waals surface area (Å²) < 4.78 is 33.7. The van der Waals surface area contributed by atoms with Crippen LogP contribution in [0.3, 0.4) is 0 Å². The third kappa shape index (κ3) is 6.76. The van der Waals surface area contributed by atoms with Crippen LogP contribution in [0.1, 0.15) is 29.7 Å². The smallest absolute Gasteiger partial charge is 0.338 e. The minimum atomic E-state index is -0.744. The van der Waals surface area contributed by atoms with E-state index in [1.807, 2.05) is 24.3 Å². The van der Waals surface area contributed by atoms with Gasteiger partial charge in [-0.2, -0.15) is 4.98 Å². The van der Waals surface area contributed by atoms with Crippen LogP contribution in [0.5, 0.6) is 11.5 Å². The molecular weight excluding hydrogens is 694 g/mol. The first-order valence-corrected chi connectivity index (χ1v) is 15.8. The zero-order chi connectivity index (χ0) is 31.4. The summed E-state index contributed by atoms with van der Waals surface area (Å²) in [6, 6.07) is 14.8. The zero-order valence-corrected chi connectivity index (χ0v) is 27.5. The Morgan fingerprint density at radius 2 is 1.98 bits per heavy atom. The van der Waals surface area contributed by atoms with Crippen LogP contribution in [0.4, 0.5) is 10.3 Å². The Hall–Kier alpha value is -3.51. The van der Waals surface area contributed by atoms with Crippen molar-refractivity contribution in [2.45, 2.75) is 30.5 Å². The lowest BCUT2D eigenvalue weighted by molar-refractivity contribution is -0.138. The van der Waals surface area contributed by atoms with Crippen LogP contribution in [0.25, 0.3) is 0 Å². The molecular formula is C31H26BrCl2FN4O4S. The summed E-state index contributed by atoms with van der Waals surface area (Å²) in [5, 5.41) is 9.33. The largest absolute Gasteiger partial charge is 0.493 e. The molecule has 1 atom stereocenters. The lowest BCUT2D eigenvalue weighted by Crippen LogP contribution is -2.29. The van der Waals surface area contributed by atoms with Crippen LogP contribution in [0, 0.1) is 5.82 Å². The van der Waals surface area contributed by atoms with Crippen LogP contribution < -0.4 is 14.8 Å². The van der Waals surface area contributed by atoms with Gasteiger partial charge in [0.2, 0.25) is 11.1 Å². The van der Waals surface area contributed by atoms with Crippen molar-refractivity contribution in [1.29, 1.82) is 0 Å². The molecule has 1 unspecified atom stereocenters. The summed E-state index contributed by atoms with van der Waals surface area (Å²) in [5.74, 6) is 0.632. The number of hydrogen-bond donors (Lipinski definition) is 1. The quantitative estimate of drug-likeness (QED) is 0.0940. The average molecular weight is 720 g/mol. The van der Waals surface area contributed by atoms with Crippen molar-refractivity contribution in [3.8, 4) is 11.5 Å². The summed E-state index contributed by atoms with van der Waals surface area (Å²) in [6.07, 6.45) is 1.50. The molecule has 0 amide bonds. The van der Waals surface area contributed by atoms with Crippen molar-refractivity contribution in [3.63, 3.8) is 0 Å². The molecule has 5 rings (SSSR count). The first-order chi connectivity index (χ1) is 21.2. The zero-order valence-electron chi connectivity index (χ0n) is 23.6. The number of thioether (sulfide) groups is 1. The van der Waals surface area contributed by atoms with E-state index < -0.39 is 17.8 Å². The Kier molecular flexibility index (Phi) is 10.2. The van der Waals surface area contributed by atoms with Gasteiger partial charge in [-0.25, -0.2) is 13.9 Å². The van der Waals surface area contributed by atoms with E-state index in [9.17, 15) is 9.18 Å². The van der Waals surface area contributed by atoms with Gasteiger partial charge in [-0.15, -0.1) is 5.10 Å². The van der Waals surface area contributed by atoms with Crippen LogP contribution in [0.2, 0.25) is 10.0 Å². The van der Waals surface area contributed by atoms with E-state index in [0.29, 0.717) is 54.7 Å². The van der Waals surface area contributed by atoms with Gasteiger partial charge in [-0.05, 0) is 64.3 Å². The van der Waals surface area contributed by atoms with Gasteiger partial charge in [0.05, 0.1) is 22.2 Å². The van der Waals surface area contributed by atoms with Crippen molar-refractivity contribution in [1.82, 2.24) is 14.8 Å². The summed E-state index contributed by atoms with van der Waals surface area (Å²) in [7, 11) is 1.49. The first-order valence-electron chi connectivity index (χ1n) is 13.2. The lowest BCUT2D eigenvalue weighted by atomic mass is 9.95. The summed E-state index contributed by atoms with van der Waals surface area (Å²) in [5.41, 5.74) is 2.67. The molecule has 0 saturated heterocycles. The monoisotopic (exact) mass is 718 g/mol. The van der Waals surface area contributed by atoms with Gasteiger partial charge in [0.1, 0.15) is 25.1 Å². The molecule has 13 heteroatoms. The highest BCUT2D eigenvalue weighted by Crippen LogP contribution is 2.44. The van der Waals surface area contributed by atoms with Gasteiger partial charge in [-0.1, -0.05) is 71.9 Å². The molecule has 0 bridgehead atoms. The SMILES string of the molecule is C=CCOC(=O)C1=C(C)Nc2nc(SCc3ccccc3Cl)nn2C1c1cc(Br)c(OCc2c(F)cccc2Cl)c(OC)c1.